The van der Waals surface area contributed by atoms with Crippen molar-refractivity contribution in [2.75, 3.05) is 5.73 Å². The Hall–Kier alpha value is -1.95. The maximum absolute atomic E-state index is 13.8. The molecule has 6 heteroatoms. The topological polar surface area (TPSA) is 65.2 Å². The van der Waals surface area contributed by atoms with E-state index in [0.717, 1.165) is 4.47 Å². The summed E-state index contributed by atoms with van der Waals surface area (Å²) in [5.41, 5.74) is 6.62. The molecule has 0 spiro atoms. The molecule has 0 fully saturated rings. The van der Waals surface area contributed by atoms with Gasteiger partial charge >= 0.3 is 5.97 Å². The van der Waals surface area contributed by atoms with E-state index < -0.39 is 11.8 Å². The molecule has 0 unspecified atom stereocenters. The second-order valence-corrected chi connectivity index (χ2v) is 5.16. The first kappa shape index (κ1) is 14.5. The summed E-state index contributed by atoms with van der Waals surface area (Å²) in [5.74, 6) is -1.38. The van der Waals surface area contributed by atoms with Crippen molar-refractivity contribution in [1.82, 2.24) is 4.98 Å². The number of nitrogen functional groups attached to an aromatic ring is 1. The van der Waals surface area contributed by atoms with Crippen LogP contribution >= 0.6 is 15.9 Å². The van der Waals surface area contributed by atoms with E-state index >= 15 is 0 Å². The molecule has 0 atom stereocenters. The molecule has 0 aliphatic rings. The first-order valence-corrected chi connectivity index (χ1v) is 6.60. The standard InChI is InChI=1S/C14H12BrFN2O2/c1-8-4-10(17)5-12(13(8)16)14(19)20-7-11-3-2-9(15)6-18-11/h2-6H,7,17H2,1H3. The quantitative estimate of drug-likeness (QED) is 0.689. The summed E-state index contributed by atoms with van der Waals surface area (Å²) in [6.45, 7) is 1.51. The molecule has 0 radical (unpaired) electrons. The maximum atomic E-state index is 13.8. The molecule has 4 nitrogen and oxygen atoms in total. The van der Waals surface area contributed by atoms with E-state index in [4.69, 9.17) is 10.5 Å². The van der Waals surface area contributed by atoms with E-state index in [0.29, 0.717) is 16.9 Å². The first-order valence-electron chi connectivity index (χ1n) is 5.80. The zero-order valence-corrected chi connectivity index (χ0v) is 12.3. The van der Waals surface area contributed by atoms with Crippen molar-refractivity contribution in [3.8, 4) is 0 Å². The fourth-order valence-corrected chi connectivity index (χ4v) is 1.89. The highest BCUT2D eigenvalue weighted by molar-refractivity contribution is 9.10. The van der Waals surface area contributed by atoms with Crippen LogP contribution in [0.3, 0.4) is 0 Å². The third-order valence-corrected chi connectivity index (χ3v) is 3.11. The third kappa shape index (κ3) is 3.33. The van der Waals surface area contributed by atoms with Crippen LogP contribution in [0.25, 0.3) is 0 Å². The molecule has 0 saturated carbocycles. The molecule has 1 aromatic heterocycles. The average Bonchev–Trinajstić information content (AvgIpc) is 2.42. The average molecular weight is 339 g/mol. The SMILES string of the molecule is Cc1cc(N)cc(C(=O)OCc2ccc(Br)cn2)c1F. The van der Waals surface area contributed by atoms with Crippen LogP contribution in [0.1, 0.15) is 21.6 Å². The molecule has 1 aromatic carbocycles. The van der Waals surface area contributed by atoms with Crippen LogP contribution in [-0.2, 0) is 11.3 Å². The van der Waals surface area contributed by atoms with Gasteiger partial charge < -0.3 is 10.5 Å². The predicted octanol–water partition coefficient (Wildman–Crippen LogP) is 3.23. The zero-order valence-electron chi connectivity index (χ0n) is 10.7. The van der Waals surface area contributed by atoms with Gasteiger partial charge in [-0.15, -0.1) is 0 Å². The Labute approximate surface area is 123 Å². The van der Waals surface area contributed by atoms with Crippen molar-refractivity contribution in [3.63, 3.8) is 0 Å². The first-order chi connectivity index (χ1) is 9.47. The highest BCUT2D eigenvalue weighted by Gasteiger charge is 2.16. The Balaban J connectivity index is 2.11. The van der Waals surface area contributed by atoms with Crippen LogP contribution in [0.15, 0.2) is 34.9 Å². The largest absolute Gasteiger partial charge is 0.456 e. The molecule has 2 aromatic rings. The molecule has 0 aliphatic heterocycles. The lowest BCUT2D eigenvalue weighted by molar-refractivity contribution is 0.0462. The highest BCUT2D eigenvalue weighted by atomic mass is 79.9. The van der Waals surface area contributed by atoms with Crippen LogP contribution in [0.5, 0.6) is 0 Å². The molecule has 1 heterocycles. The van der Waals surface area contributed by atoms with Gasteiger partial charge in [0, 0.05) is 16.4 Å². The van der Waals surface area contributed by atoms with Crippen LogP contribution in [0.4, 0.5) is 10.1 Å². The molecular formula is C14H12BrFN2O2. The normalized spacial score (nSPS) is 10.3. The number of nitrogens with zero attached hydrogens (tertiary/aromatic N) is 1. The van der Waals surface area contributed by atoms with Crippen molar-refractivity contribution < 1.29 is 13.9 Å². The second kappa shape index (κ2) is 6.00. The molecular weight excluding hydrogens is 327 g/mol. The van der Waals surface area contributed by atoms with Crippen LogP contribution in [0, 0.1) is 12.7 Å². The van der Waals surface area contributed by atoms with E-state index in [1.54, 1.807) is 25.3 Å². The third-order valence-electron chi connectivity index (χ3n) is 2.64. The maximum Gasteiger partial charge on any atom is 0.341 e. The number of rotatable bonds is 3. The van der Waals surface area contributed by atoms with Crippen molar-refractivity contribution in [2.24, 2.45) is 0 Å². The number of benzene rings is 1. The number of hydrogen-bond acceptors (Lipinski definition) is 4. The molecule has 0 aliphatic carbocycles. The number of nitrogens with two attached hydrogens (primary N) is 1. The number of esters is 1. The van der Waals surface area contributed by atoms with Gasteiger partial charge in [0.05, 0.1) is 11.3 Å². The highest BCUT2D eigenvalue weighted by Crippen LogP contribution is 2.18. The summed E-state index contributed by atoms with van der Waals surface area (Å²) in [7, 11) is 0. The Morgan fingerprint density at radius 2 is 2.20 bits per heavy atom. The van der Waals surface area contributed by atoms with Crippen molar-refractivity contribution >= 4 is 27.6 Å². The number of pyridine rings is 1. The molecule has 2 N–H and O–H groups in total. The summed E-state index contributed by atoms with van der Waals surface area (Å²) >= 11 is 3.25. The van der Waals surface area contributed by atoms with E-state index in [-0.39, 0.29) is 12.2 Å². The van der Waals surface area contributed by atoms with Crippen LogP contribution in [-0.4, -0.2) is 11.0 Å². The van der Waals surface area contributed by atoms with E-state index in [2.05, 4.69) is 20.9 Å². The van der Waals surface area contributed by atoms with Gasteiger partial charge in [0.15, 0.2) is 0 Å². The Morgan fingerprint density at radius 1 is 1.45 bits per heavy atom. The summed E-state index contributed by atoms with van der Waals surface area (Å²) in [6, 6.07) is 6.21. The number of aromatic nitrogens is 1. The van der Waals surface area contributed by atoms with Gasteiger partial charge in [0.2, 0.25) is 0 Å². The molecule has 0 saturated heterocycles. The number of halogens is 2. The van der Waals surface area contributed by atoms with Crippen molar-refractivity contribution in [3.05, 3.63) is 57.6 Å². The fraction of sp³-hybridized carbons (Fsp3) is 0.143. The van der Waals surface area contributed by atoms with Gasteiger partial charge in [-0.2, -0.15) is 0 Å². The zero-order chi connectivity index (χ0) is 14.7. The minimum Gasteiger partial charge on any atom is -0.456 e. The number of carbonyl (C=O) groups is 1. The van der Waals surface area contributed by atoms with Crippen LogP contribution in [0.2, 0.25) is 0 Å². The van der Waals surface area contributed by atoms with Gasteiger partial charge in [-0.25, -0.2) is 9.18 Å². The number of anilines is 1. The van der Waals surface area contributed by atoms with E-state index in [1.165, 1.54) is 12.1 Å². The summed E-state index contributed by atoms with van der Waals surface area (Å²) in [6.07, 6.45) is 1.59. The monoisotopic (exact) mass is 338 g/mol. The lowest BCUT2D eigenvalue weighted by Crippen LogP contribution is -2.10. The lowest BCUT2D eigenvalue weighted by Gasteiger charge is -2.08. The smallest absolute Gasteiger partial charge is 0.341 e. The summed E-state index contributed by atoms with van der Waals surface area (Å²) in [4.78, 5) is 15.9. The van der Waals surface area contributed by atoms with Gasteiger partial charge in [-0.3, -0.25) is 4.98 Å². The predicted molar refractivity (Wildman–Crippen MR) is 76.6 cm³/mol. The number of ether oxygens (including phenoxy) is 1. The summed E-state index contributed by atoms with van der Waals surface area (Å²) in [5, 5.41) is 0. The molecule has 0 bridgehead atoms. The van der Waals surface area contributed by atoms with Crippen molar-refractivity contribution in [1.29, 1.82) is 0 Å². The van der Waals surface area contributed by atoms with Crippen molar-refractivity contribution in [2.45, 2.75) is 13.5 Å². The van der Waals surface area contributed by atoms with E-state index in [9.17, 15) is 9.18 Å². The van der Waals surface area contributed by atoms with Gasteiger partial charge in [0.25, 0.3) is 0 Å². The number of carbonyl (C=O) groups excluding carboxylic acids is 1. The van der Waals surface area contributed by atoms with E-state index in [1.807, 2.05) is 0 Å². The number of hydrogen-bond donors (Lipinski definition) is 1. The Kier molecular flexibility index (Phi) is 4.34. The van der Waals surface area contributed by atoms with Gasteiger partial charge in [-0.05, 0) is 52.7 Å². The van der Waals surface area contributed by atoms with Gasteiger partial charge in [0.1, 0.15) is 12.4 Å². The minimum atomic E-state index is -0.761. The molecule has 2 rings (SSSR count). The minimum absolute atomic E-state index is 0.0284. The van der Waals surface area contributed by atoms with Crippen LogP contribution < -0.4 is 5.73 Å². The fourth-order valence-electron chi connectivity index (χ4n) is 1.66. The number of aryl methyl sites for hydroxylation is 1. The Bertz CT molecular complexity index is 644. The molecule has 0 amide bonds. The molecule has 104 valence electrons. The molecule has 20 heavy (non-hydrogen) atoms. The second-order valence-electron chi connectivity index (χ2n) is 4.24. The summed E-state index contributed by atoms with van der Waals surface area (Å²) < 4.78 is 19.7. The Morgan fingerprint density at radius 3 is 2.85 bits per heavy atom. The lowest BCUT2D eigenvalue weighted by atomic mass is 10.1. The van der Waals surface area contributed by atoms with Gasteiger partial charge in [-0.1, -0.05) is 0 Å².